The third-order valence-electron chi connectivity index (χ3n) is 8.16. The fraction of sp³-hybridized carbons (Fsp3) is 0. The van der Waals surface area contributed by atoms with Gasteiger partial charge in [-0.2, -0.15) is 0 Å². The Kier molecular flexibility index (Phi) is 4.30. The van der Waals surface area contributed by atoms with Gasteiger partial charge in [-0.15, -0.1) is 0 Å². The average Bonchev–Trinajstić information content (AvgIpc) is 3.58. The molecule has 5 heterocycles. The molecule has 186 valence electrons. The summed E-state index contributed by atoms with van der Waals surface area (Å²) in [7, 11) is 0. The molecule has 0 fully saturated rings. The van der Waals surface area contributed by atoms with E-state index in [-0.39, 0.29) is 0 Å². The topological polar surface area (TPSA) is 35.1 Å². The minimum atomic E-state index is 0.890. The zero-order valence-corrected chi connectivity index (χ0v) is 21.5. The Morgan fingerprint density at radius 3 is 2.20 bits per heavy atom. The second kappa shape index (κ2) is 8.01. The average molecular weight is 511 g/mol. The van der Waals surface area contributed by atoms with Crippen LogP contribution in [0, 0.1) is 0 Å². The molecule has 0 atom stereocenters. The standard InChI is InChI=1S/C36H22N4/c1-5-15-30-23(9-1)21-33-26-12-3-2-11-25(26)27-18-19-32-35(36(27)40(30)33)28-13-4-6-16-31(28)39(32)34-17-7-14-29(38-34)24-10-8-20-37-22-24/h1-22H. The van der Waals surface area contributed by atoms with Gasteiger partial charge in [0, 0.05) is 44.9 Å². The normalized spacial score (nSPS) is 12.0. The zero-order chi connectivity index (χ0) is 26.2. The van der Waals surface area contributed by atoms with E-state index in [0.717, 1.165) is 28.1 Å². The molecule has 0 radical (unpaired) electrons. The van der Waals surface area contributed by atoms with E-state index in [1.54, 1.807) is 6.20 Å². The number of rotatable bonds is 2. The van der Waals surface area contributed by atoms with Crippen LogP contribution in [0.3, 0.4) is 0 Å². The van der Waals surface area contributed by atoms with Gasteiger partial charge < -0.3 is 4.40 Å². The molecule has 4 heteroatoms. The van der Waals surface area contributed by atoms with Crippen molar-refractivity contribution in [2.24, 2.45) is 0 Å². The molecule has 0 saturated carbocycles. The summed E-state index contributed by atoms with van der Waals surface area (Å²) >= 11 is 0. The van der Waals surface area contributed by atoms with Gasteiger partial charge in [-0.05, 0) is 53.9 Å². The third kappa shape index (κ3) is 2.85. The van der Waals surface area contributed by atoms with Gasteiger partial charge >= 0.3 is 0 Å². The Labute approximate surface area is 229 Å². The summed E-state index contributed by atoms with van der Waals surface area (Å²) in [5.41, 5.74) is 7.85. The molecule has 5 aromatic heterocycles. The van der Waals surface area contributed by atoms with E-state index >= 15 is 0 Å². The van der Waals surface area contributed by atoms with Crippen molar-refractivity contribution in [1.82, 2.24) is 18.9 Å². The van der Waals surface area contributed by atoms with E-state index in [4.69, 9.17) is 4.98 Å². The van der Waals surface area contributed by atoms with Crippen LogP contribution >= 0.6 is 0 Å². The molecule has 0 N–H and O–H groups in total. The Hall–Kier alpha value is -5.48. The van der Waals surface area contributed by atoms with Crippen LogP contribution in [0.25, 0.3) is 77.0 Å². The van der Waals surface area contributed by atoms with Crippen molar-refractivity contribution in [3.05, 3.63) is 134 Å². The lowest BCUT2D eigenvalue weighted by Crippen LogP contribution is -1.99. The first-order valence-electron chi connectivity index (χ1n) is 13.5. The molecule has 4 aromatic carbocycles. The second-order valence-electron chi connectivity index (χ2n) is 10.3. The Morgan fingerprint density at radius 1 is 0.525 bits per heavy atom. The second-order valence-corrected chi connectivity index (χ2v) is 10.3. The molecule has 0 bridgehead atoms. The van der Waals surface area contributed by atoms with Crippen LogP contribution in [-0.4, -0.2) is 18.9 Å². The molecule has 0 amide bonds. The Balaban J connectivity index is 1.50. The number of benzene rings is 4. The van der Waals surface area contributed by atoms with E-state index in [1.165, 1.54) is 48.9 Å². The van der Waals surface area contributed by atoms with Crippen molar-refractivity contribution in [1.29, 1.82) is 0 Å². The van der Waals surface area contributed by atoms with Crippen LogP contribution < -0.4 is 0 Å². The van der Waals surface area contributed by atoms with Crippen LogP contribution in [0.15, 0.2) is 134 Å². The van der Waals surface area contributed by atoms with Gasteiger partial charge in [0.05, 0.1) is 33.3 Å². The molecule has 0 aliphatic carbocycles. The predicted octanol–water partition coefficient (Wildman–Crippen LogP) is 8.95. The van der Waals surface area contributed by atoms with Crippen LogP contribution in [0.1, 0.15) is 0 Å². The van der Waals surface area contributed by atoms with Crippen LogP contribution in [0.5, 0.6) is 0 Å². The summed E-state index contributed by atoms with van der Waals surface area (Å²) in [5.74, 6) is 0.890. The molecule has 0 aliphatic heterocycles. The number of fused-ring (bicyclic) bond motifs is 12. The highest BCUT2D eigenvalue weighted by Gasteiger charge is 2.20. The van der Waals surface area contributed by atoms with Gasteiger partial charge in [0.1, 0.15) is 5.82 Å². The number of hydrogen-bond donors (Lipinski definition) is 0. The first kappa shape index (κ1) is 21.5. The maximum Gasteiger partial charge on any atom is 0.138 e. The smallest absolute Gasteiger partial charge is 0.138 e. The first-order chi connectivity index (χ1) is 19.9. The predicted molar refractivity (Wildman–Crippen MR) is 165 cm³/mol. The summed E-state index contributed by atoms with van der Waals surface area (Å²) in [6.07, 6.45) is 3.66. The number of nitrogens with zero attached hydrogens (tertiary/aromatic N) is 4. The van der Waals surface area contributed by atoms with Crippen molar-refractivity contribution in [2.45, 2.75) is 0 Å². The van der Waals surface area contributed by atoms with E-state index in [0.29, 0.717) is 0 Å². The lowest BCUT2D eigenvalue weighted by molar-refractivity contribution is 1.08. The molecule has 4 nitrogen and oxygen atoms in total. The van der Waals surface area contributed by atoms with Crippen molar-refractivity contribution >= 4 is 59.9 Å². The molecule has 0 aliphatic rings. The van der Waals surface area contributed by atoms with Crippen molar-refractivity contribution < 1.29 is 0 Å². The number of hydrogen-bond acceptors (Lipinski definition) is 2. The molecular weight excluding hydrogens is 488 g/mol. The molecule has 40 heavy (non-hydrogen) atoms. The summed E-state index contributed by atoms with van der Waals surface area (Å²) in [6.45, 7) is 0. The minimum absolute atomic E-state index is 0.890. The lowest BCUT2D eigenvalue weighted by atomic mass is 10.0. The highest BCUT2D eigenvalue weighted by atomic mass is 15.1. The van der Waals surface area contributed by atoms with Gasteiger partial charge in [-0.3, -0.25) is 9.55 Å². The molecule has 0 unspecified atom stereocenters. The molecular formula is C36H22N4. The molecule has 9 rings (SSSR count). The van der Waals surface area contributed by atoms with Crippen LogP contribution in [-0.2, 0) is 0 Å². The SMILES string of the molecule is c1cncc(-c2cccc(-n3c4ccccc4c4c3ccc3c5ccccc5c5cc6ccccc6n5c34)n2)c1. The van der Waals surface area contributed by atoms with E-state index in [2.05, 4.69) is 123 Å². The number of pyridine rings is 3. The highest BCUT2D eigenvalue weighted by molar-refractivity contribution is 6.27. The van der Waals surface area contributed by atoms with Gasteiger partial charge in [-0.25, -0.2) is 4.98 Å². The van der Waals surface area contributed by atoms with Crippen LogP contribution in [0.4, 0.5) is 0 Å². The minimum Gasteiger partial charge on any atom is -0.308 e. The van der Waals surface area contributed by atoms with Gasteiger partial charge in [-0.1, -0.05) is 72.8 Å². The summed E-state index contributed by atoms with van der Waals surface area (Å²) < 4.78 is 4.77. The van der Waals surface area contributed by atoms with Crippen molar-refractivity contribution in [3.63, 3.8) is 0 Å². The highest BCUT2D eigenvalue weighted by Crippen LogP contribution is 2.41. The number of aromatic nitrogens is 4. The molecule has 9 aromatic rings. The molecule has 0 saturated heterocycles. The van der Waals surface area contributed by atoms with Crippen molar-refractivity contribution in [2.75, 3.05) is 0 Å². The maximum absolute atomic E-state index is 5.13. The van der Waals surface area contributed by atoms with Gasteiger partial charge in [0.15, 0.2) is 0 Å². The summed E-state index contributed by atoms with van der Waals surface area (Å²) in [5, 5.41) is 7.47. The lowest BCUT2D eigenvalue weighted by Gasteiger charge is -2.13. The fourth-order valence-corrected chi connectivity index (χ4v) is 6.50. The summed E-state index contributed by atoms with van der Waals surface area (Å²) in [6, 6.07) is 43.2. The molecule has 0 spiro atoms. The van der Waals surface area contributed by atoms with Gasteiger partial charge in [0.2, 0.25) is 0 Å². The Bertz CT molecular complexity index is 2430. The number of para-hydroxylation sites is 2. The van der Waals surface area contributed by atoms with Gasteiger partial charge in [0.25, 0.3) is 0 Å². The zero-order valence-electron chi connectivity index (χ0n) is 21.5. The third-order valence-corrected chi connectivity index (χ3v) is 8.16. The van der Waals surface area contributed by atoms with E-state index in [9.17, 15) is 0 Å². The van der Waals surface area contributed by atoms with Crippen molar-refractivity contribution in [3.8, 4) is 17.1 Å². The first-order valence-corrected chi connectivity index (χ1v) is 13.5. The monoisotopic (exact) mass is 510 g/mol. The Morgan fingerprint density at radius 2 is 1.32 bits per heavy atom. The summed E-state index contributed by atoms with van der Waals surface area (Å²) in [4.78, 5) is 9.45. The fourth-order valence-electron chi connectivity index (χ4n) is 6.50. The van der Waals surface area contributed by atoms with E-state index in [1.807, 2.05) is 18.3 Å². The maximum atomic E-state index is 5.13. The largest absolute Gasteiger partial charge is 0.308 e. The quantitative estimate of drug-likeness (QED) is 0.218. The van der Waals surface area contributed by atoms with E-state index < -0.39 is 0 Å². The van der Waals surface area contributed by atoms with Crippen LogP contribution in [0.2, 0.25) is 0 Å².